The van der Waals surface area contributed by atoms with Crippen molar-refractivity contribution >= 4 is 29.9 Å². The maximum absolute atomic E-state index is 5.75. The number of aliphatic imine (C=N–C) groups is 1. The Kier molecular flexibility index (Phi) is 13.2. The SMILES string of the molecule is CN=C(NCCCOC1CCOC1)NCc1ccc(OCCOC)cc1.I. The van der Waals surface area contributed by atoms with Crippen LogP contribution in [-0.4, -0.2) is 65.8 Å². The van der Waals surface area contributed by atoms with Crippen LogP contribution in [0.2, 0.25) is 0 Å². The van der Waals surface area contributed by atoms with E-state index in [0.717, 1.165) is 56.5 Å². The predicted molar refractivity (Wildman–Crippen MR) is 117 cm³/mol. The number of ether oxygens (including phenoxy) is 4. The molecule has 0 bridgehead atoms. The number of methoxy groups -OCH3 is 1. The highest BCUT2D eigenvalue weighted by Crippen LogP contribution is 2.12. The van der Waals surface area contributed by atoms with Gasteiger partial charge in [-0.15, -0.1) is 24.0 Å². The quantitative estimate of drug-likeness (QED) is 0.213. The number of hydrogen-bond acceptors (Lipinski definition) is 5. The van der Waals surface area contributed by atoms with Crippen LogP contribution in [0, 0.1) is 0 Å². The molecule has 2 rings (SSSR count). The average molecular weight is 493 g/mol. The lowest BCUT2D eigenvalue weighted by Gasteiger charge is -2.13. The van der Waals surface area contributed by atoms with E-state index in [0.29, 0.717) is 19.8 Å². The van der Waals surface area contributed by atoms with E-state index in [1.807, 2.05) is 24.3 Å². The van der Waals surface area contributed by atoms with Crippen LogP contribution >= 0.6 is 24.0 Å². The molecule has 1 fully saturated rings. The van der Waals surface area contributed by atoms with Gasteiger partial charge in [0.05, 0.1) is 19.3 Å². The van der Waals surface area contributed by atoms with Crippen molar-refractivity contribution in [2.45, 2.75) is 25.5 Å². The number of nitrogens with one attached hydrogen (secondary N) is 2. The summed E-state index contributed by atoms with van der Waals surface area (Å²) < 4.78 is 21.6. The van der Waals surface area contributed by atoms with Gasteiger partial charge in [-0.3, -0.25) is 4.99 Å². The van der Waals surface area contributed by atoms with Crippen molar-refractivity contribution in [2.24, 2.45) is 4.99 Å². The van der Waals surface area contributed by atoms with Crippen molar-refractivity contribution in [3.05, 3.63) is 29.8 Å². The highest BCUT2D eigenvalue weighted by atomic mass is 127. The number of guanidine groups is 1. The Hall–Kier alpha value is -1.10. The largest absolute Gasteiger partial charge is 0.491 e. The molecule has 7 nitrogen and oxygen atoms in total. The highest BCUT2D eigenvalue weighted by Gasteiger charge is 2.15. The third-order valence-electron chi connectivity index (χ3n) is 4.02. The Labute approximate surface area is 179 Å². The van der Waals surface area contributed by atoms with Crippen LogP contribution in [0.3, 0.4) is 0 Å². The lowest BCUT2D eigenvalue weighted by Crippen LogP contribution is -2.37. The van der Waals surface area contributed by atoms with Gasteiger partial charge in [-0.25, -0.2) is 0 Å². The monoisotopic (exact) mass is 493 g/mol. The van der Waals surface area contributed by atoms with Crippen LogP contribution in [0.5, 0.6) is 5.75 Å². The molecule has 0 aromatic heterocycles. The van der Waals surface area contributed by atoms with E-state index < -0.39 is 0 Å². The molecule has 1 aliphatic heterocycles. The maximum Gasteiger partial charge on any atom is 0.191 e. The fraction of sp³-hybridized carbons (Fsp3) is 0.632. The second-order valence-electron chi connectivity index (χ2n) is 6.05. The van der Waals surface area contributed by atoms with Gasteiger partial charge in [0, 0.05) is 40.5 Å². The third-order valence-corrected chi connectivity index (χ3v) is 4.02. The summed E-state index contributed by atoms with van der Waals surface area (Å²) in [6, 6.07) is 8.01. The maximum atomic E-state index is 5.75. The summed E-state index contributed by atoms with van der Waals surface area (Å²) in [5.74, 6) is 1.63. The summed E-state index contributed by atoms with van der Waals surface area (Å²) in [5.41, 5.74) is 1.16. The Morgan fingerprint density at radius 1 is 1.19 bits per heavy atom. The molecule has 1 aromatic carbocycles. The molecule has 1 atom stereocenters. The minimum Gasteiger partial charge on any atom is -0.491 e. The summed E-state index contributed by atoms with van der Waals surface area (Å²) in [6.07, 6.45) is 2.21. The number of hydrogen-bond donors (Lipinski definition) is 2. The molecule has 0 saturated carbocycles. The topological polar surface area (TPSA) is 73.3 Å². The fourth-order valence-electron chi connectivity index (χ4n) is 2.53. The molecule has 0 spiro atoms. The van der Waals surface area contributed by atoms with Gasteiger partial charge in [-0.2, -0.15) is 0 Å². The molecule has 1 unspecified atom stereocenters. The molecule has 0 amide bonds. The first-order valence-corrected chi connectivity index (χ1v) is 9.16. The zero-order chi connectivity index (χ0) is 18.5. The summed E-state index contributed by atoms with van der Waals surface area (Å²) in [7, 11) is 3.44. The minimum atomic E-state index is 0. The van der Waals surface area contributed by atoms with Gasteiger partial charge in [0.2, 0.25) is 0 Å². The first kappa shape index (κ1) is 23.9. The van der Waals surface area contributed by atoms with Crippen LogP contribution in [0.4, 0.5) is 0 Å². The molecular weight excluding hydrogens is 461 g/mol. The van der Waals surface area contributed by atoms with Gasteiger partial charge in [-0.05, 0) is 30.5 Å². The molecule has 1 heterocycles. The lowest BCUT2D eigenvalue weighted by molar-refractivity contribution is 0.0420. The van der Waals surface area contributed by atoms with E-state index in [1.165, 1.54) is 0 Å². The standard InChI is InChI=1S/C19H31N3O4.HI/c1-20-19(21-9-3-10-25-18-8-11-24-15-18)22-14-16-4-6-17(7-5-16)26-13-12-23-2;/h4-7,18H,3,8-15H2,1-2H3,(H2,20,21,22);1H. The number of rotatable bonds is 11. The fourth-order valence-corrected chi connectivity index (χ4v) is 2.53. The first-order valence-electron chi connectivity index (χ1n) is 9.16. The highest BCUT2D eigenvalue weighted by molar-refractivity contribution is 14.0. The van der Waals surface area contributed by atoms with E-state index >= 15 is 0 Å². The number of halogens is 1. The smallest absolute Gasteiger partial charge is 0.191 e. The molecule has 1 saturated heterocycles. The van der Waals surface area contributed by atoms with Crippen LogP contribution in [0.1, 0.15) is 18.4 Å². The van der Waals surface area contributed by atoms with Crippen LogP contribution in [-0.2, 0) is 20.8 Å². The van der Waals surface area contributed by atoms with Crippen molar-refractivity contribution in [2.75, 3.05) is 53.7 Å². The molecular formula is C19H32IN3O4. The first-order chi connectivity index (χ1) is 12.8. The van der Waals surface area contributed by atoms with Gasteiger partial charge in [0.15, 0.2) is 5.96 Å². The Morgan fingerprint density at radius 3 is 2.67 bits per heavy atom. The number of nitrogens with zero attached hydrogens (tertiary/aromatic N) is 1. The van der Waals surface area contributed by atoms with E-state index in [2.05, 4.69) is 15.6 Å². The van der Waals surface area contributed by atoms with Gasteiger partial charge in [-0.1, -0.05) is 12.1 Å². The average Bonchev–Trinajstić information content (AvgIpc) is 3.19. The zero-order valence-corrected chi connectivity index (χ0v) is 18.6. The third kappa shape index (κ3) is 10.1. The molecule has 27 heavy (non-hydrogen) atoms. The molecule has 2 N–H and O–H groups in total. The van der Waals surface area contributed by atoms with Crippen molar-refractivity contribution in [1.29, 1.82) is 0 Å². The molecule has 154 valence electrons. The molecule has 0 aliphatic carbocycles. The summed E-state index contributed by atoms with van der Waals surface area (Å²) in [5, 5.41) is 6.61. The van der Waals surface area contributed by atoms with Gasteiger partial charge >= 0.3 is 0 Å². The van der Waals surface area contributed by atoms with Crippen molar-refractivity contribution in [3.63, 3.8) is 0 Å². The molecule has 1 aromatic rings. The van der Waals surface area contributed by atoms with Crippen molar-refractivity contribution in [3.8, 4) is 5.75 Å². The van der Waals surface area contributed by atoms with E-state index in [9.17, 15) is 0 Å². The van der Waals surface area contributed by atoms with Crippen LogP contribution < -0.4 is 15.4 Å². The minimum absolute atomic E-state index is 0. The number of benzene rings is 1. The van der Waals surface area contributed by atoms with Crippen molar-refractivity contribution < 1.29 is 18.9 Å². The van der Waals surface area contributed by atoms with E-state index in [-0.39, 0.29) is 30.1 Å². The normalized spacial score (nSPS) is 16.7. The van der Waals surface area contributed by atoms with Gasteiger partial charge < -0.3 is 29.6 Å². The summed E-state index contributed by atoms with van der Waals surface area (Å²) in [4.78, 5) is 4.24. The van der Waals surface area contributed by atoms with Gasteiger partial charge in [0.25, 0.3) is 0 Å². The Morgan fingerprint density at radius 2 is 2.00 bits per heavy atom. The van der Waals surface area contributed by atoms with Crippen LogP contribution in [0.15, 0.2) is 29.3 Å². The van der Waals surface area contributed by atoms with E-state index in [4.69, 9.17) is 18.9 Å². The molecule has 8 heteroatoms. The second kappa shape index (κ2) is 14.9. The summed E-state index contributed by atoms with van der Waals surface area (Å²) in [6.45, 7) is 4.95. The second-order valence-corrected chi connectivity index (χ2v) is 6.05. The molecule has 0 radical (unpaired) electrons. The lowest BCUT2D eigenvalue weighted by atomic mass is 10.2. The van der Waals surface area contributed by atoms with E-state index in [1.54, 1.807) is 14.2 Å². The predicted octanol–water partition coefficient (Wildman–Crippen LogP) is 2.19. The van der Waals surface area contributed by atoms with Gasteiger partial charge in [0.1, 0.15) is 12.4 Å². The van der Waals surface area contributed by atoms with Crippen LogP contribution in [0.25, 0.3) is 0 Å². The van der Waals surface area contributed by atoms with Crippen molar-refractivity contribution in [1.82, 2.24) is 10.6 Å². The summed E-state index contributed by atoms with van der Waals surface area (Å²) >= 11 is 0. The zero-order valence-electron chi connectivity index (χ0n) is 16.2. The Bertz CT molecular complexity index is 522. The Balaban J connectivity index is 0.00000364. The molecule has 1 aliphatic rings.